The second-order valence-corrected chi connectivity index (χ2v) is 8.79. The number of fused-ring (bicyclic) bond motifs is 1. The first-order valence-corrected chi connectivity index (χ1v) is 11.8. The van der Waals surface area contributed by atoms with Crippen molar-refractivity contribution in [2.45, 2.75) is 6.92 Å². The number of nitrogens with two attached hydrogens (primary N) is 1. The summed E-state index contributed by atoms with van der Waals surface area (Å²) in [6, 6.07) is 15.3. The van der Waals surface area contributed by atoms with E-state index in [2.05, 4.69) is 15.3 Å². The maximum Gasteiger partial charge on any atom is 0.254 e. The van der Waals surface area contributed by atoms with Gasteiger partial charge in [0.25, 0.3) is 11.8 Å². The highest BCUT2D eigenvalue weighted by molar-refractivity contribution is 6.02. The number of amides is 2. The van der Waals surface area contributed by atoms with Gasteiger partial charge in [0.05, 0.1) is 30.2 Å². The summed E-state index contributed by atoms with van der Waals surface area (Å²) in [5, 5.41) is 4.32. The van der Waals surface area contributed by atoms with E-state index in [0.717, 1.165) is 27.8 Å². The minimum atomic E-state index is -0.557. The molecule has 0 aliphatic carbocycles. The molecule has 3 heterocycles. The number of rotatable bonds is 6. The predicted molar refractivity (Wildman–Crippen MR) is 140 cm³/mol. The Labute approximate surface area is 208 Å². The Bertz CT molecular complexity index is 1440. The number of pyridine rings is 1. The first-order valence-electron chi connectivity index (χ1n) is 11.8. The Balaban J connectivity index is 1.43. The van der Waals surface area contributed by atoms with Crippen LogP contribution in [-0.2, 0) is 4.74 Å². The molecule has 1 aliphatic heterocycles. The summed E-state index contributed by atoms with van der Waals surface area (Å²) in [5.74, 6) is 0.00263. The molecule has 0 spiro atoms. The molecule has 184 valence electrons. The van der Waals surface area contributed by atoms with E-state index in [0.29, 0.717) is 48.9 Å². The van der Waals surface area contributed by atoms with Crippen LogP contribution in [0.25, 0.3) is 10.9 Å². The molecule has 0 bridgehead atoms. The lowest BCUT2D eigenvalue weighted by molar-refractivity contribution is 0.0302. The quantitative estimate of drug-likeness (QED) is 0.382. The zero-order valence-corrected chi connectivity index (χ0v) is 20.2. The lowest BCUT2D eigenvalue weighted by atomic mass is 10.1. The highest BCUT2D eigenvalue weighted by atomic mass is 16.5. The van der Waals surface area contributed by atoms with Crippen molar-refractivity contribution in [2.24, 2.45) is 5.73 Å². The van der Waals surface area contributed by atoms with Gasteiger partial charge in [-0.25, -0.2) is 4.98 Å². The molecule has 2 aromatic heterocycles. The van der Waals surface area contributed by atoms with Crippen LogP contribution in [0.5, 0.6) is 0 Å². The summed E-state index contributed by atoms with van der Waals surface area (Å²) >= 11 is 0. The number of ether oxygens (including phenoxy) is 1. The van der Waals surface area contributed by atoms with Gasteiger partial charge in [0.15, 0.2) is 0 Å². The van der Waals surface area contributed by atoms with Gasteiger partial charge in [0.2, 0.25) is 0 Å². The van der Waals surface area contributed by atoms with Gasteiger partial charge in [-0.1, -0.05) is 6.07 Å². The van der Waals surface area contributed by atoms with Crippen LogP contribution in [0, 0.1) is 6.92 Å². The maximum absolute atomic E-state index is 12.9. The number of nitrogens with one attached hydrogen (secondary N) is 2. The molecule has 0 unspecified atom stereocenters. The molecule has 5 rings (SSSR count). The summed E-state index contributed by atoms with van der Waals surface area (Å²) in [7, 11) is 1.89. The first-order chi connectivity index (χ1) is 17.4. The van der Waals surface area contributed by atoms with Gasteiger partial charge in [-0.3, -0.25) is 9.59 Å². The number of primary amides is 1. The molecule has 0 saturated carbocycles. The average Bonchev–Trinajstić information content (AvgIpc) is 3.37. The molecule has 0 atom stereocenters. The van der Waals surface area contributed by atoms with Crippen molar-refractivity contribution in [1.82, 2.24) is 14.9 Å². The zero-order chi connectivity index (χ0) is 25.2. The standard InChI is InChI=1S/C27H28N6O3/c1-17-14-18(6-7-19(17)27(35)33-10-12-36-13-11-33)31-25-15-24(21(16-30-25)26(28)34)32(2)23-5-3-4-22-20(23)8-9-29-22/h3-9,14-16,29H,10-13H2,1-2H3,(H2,28,34)(H,30,31). The zero-order valence-electron chi connectivity index (χ0n) is 20.2. The first kappa shape index (κ1) is 23.4. The molecular weight excluding hydrogens is 456 g/mol. The van der Waals surface area contributed by atoms with Gasteiger partial charge in [-0.05, 0) is 48.9 Å². The molecule has 1 aliphatic rings. The Morgan fingerprint density at radius 3 is 2.64 bits per heavy atom. The van der Waals surface area contributed by atoms with E-state index >= 15 is 0 Å². The number of hydrogen-bond donors (Lipinski definition) is 3. The Morgan fingerprint density at radius 2 is 1.89 bits per heavy atom. The van der Waals surface area contributed by atoms with E-state index in [1.54, 1.807) is 6.07 Å². The molecule has 2 amide bonds. The van der Waals surface area contributed by atoms with Gasteiger partial charge in [0, 0.05) is 60.8 Å². The topological polar surface area (TPSA) is 117 Å². The number of aryl methyl sites for hydroxylation is 1. The summed E-state index contributed by atoms with van der Waals surface area (Å²) in [6.45, 7) is 4.24. The molecule has 4 aromatic rings. The van der Waals surface area contributed by atoms with Gasteiger partial charge in [-0.15, -0.1) is 0 Å². The summed E-state index contributed by atoms with van der Waals surface area (Å²) < 4.78 is 5.35. The van der Waals surface area contributed by atoms with Gasteiger partial charge in [0.1, 0.15) is 5.82 Å². The third-order valence-electron chi connectivity index (χ3n) is 6.47. The molecule has 4 N–H and O–H groups in total. The van der Waals surface area contributed by atoms with Crippen LogP contribution in [0.3, 0.4) is 0 Å². The second-order valence-electron chi connectivity index (χ2n) is 8.79. The van der Waals surface area contributed by atoms with Crippen LogP contribution in [-0.4, -0.2) is 60.0 Å². The monoisotopic (exact) mass is 484 g/mol. The number of aromatic amines is 1. The van der Waals surface area contributed by atoms with Crippen LogP contribution in [0.4, 0.5) is 22.9 Å². The SMILES string of the molecule is Cc1cc(Nc2cc(N(C)c3cccc4[nH]ccc34)c(C(N)=O)cn2)ccc1C(=O)N1CCOCC1. The fraction of sp³-hybridized carbons (Fsp3) is 0.222. The lowest BCUT2D eigenvalue weighted by Crippen LogP contribution is -2.40. The molecule has 1 saturated heterocycles. The largest absolute Gasteiger partial charge is 0.378 e. The van der Waals surface area contributed by atoms with E-state index in [4.69, 9.17) is 10.5 Å². The number of morpholine rings is 1. The van der Waals surface area contributed by atoms with Crippen molar-refractivity contribution in [2.75, 3.05) is 43.6 Å². The molecule has 0 radical (unpaired) electrons. The number of aromatic nitrogens is 2. The molecule has 1 fully saturated rings. The normalized spacial score (nSPS) is 13.6. The number of hydrogen-bond acceptors (Lipinski definition) is 6. The fourth-order valence-electron chi connectivity index (χ4n) is 4.54. The molecule has 2 aromatic carbocycles. The van der Waals surface area contributed by atoms with Gasteiger partial charge < -0.3 is 30.6 Å². The van der Waals surface area contributed by atoms with E-state index in [9.17, 15) is 9.59 Å². The summed E-state index contributed by atoms with van der Waals surface area (Å²) in [6.07, 6.45) is 3.36. The number of anilines is 4. The van der Waals surface area contributed by atoms with Crippen molar-refractivity contribution in [3.8, 4) is 0 Å². The van der Waals surface area contributed by atoms with E-state index in [-0.39, 0.29) is 5.91 Å². The Morgan fingerprint density at radius 1 is 1.08 bits per heavy atom. The van der Waals surface area contributed by atoms with Crippen LogP contribution < -0.4 is 16.0 Å². The van der Waals surface area contributed by atoms with Gasteiger partial charge in [-0.2, -0.15) is 0 Å². The molecule has 9 nitrogen and oxygen atoms in total. The van der Waals surface area contributed by atoms with Gasteiger partial charge >= 0.3 is 0 Å². The van der Waals surface area contributed by atoms with Crippen LogP contribution in [0.1, 0.15) is 26.3 Å². The maximum atomic E-state index is 12.9. The van der Waals surface area contributed by atoms with E-state index in [1.807, 2.05) is 72.4 Å². The smallest absolute Gasteiger partial charge is 0.254 e. The number of carbonyl (C=O) groups is 2. The number of carbonyl (C=O) groups excluding carboxylic acids is 2. The molecule has 36 heavy (non-hydrogen) atoms. The lowest BCUT2D eigenvalue weighted by Gasteiger charge is -2.27. The summed E-state index contributed by atoms with van der Waals surface area (Å²) in [4.78, 5) is 36.5. The fourth-order valence-corrected chi connectivity index (χ4v) is 4.54. The molecular formula is C27H28N6O3. The Hall–Kier alpha value is -4.37. The highest BCUT2D eigenvalue weighted by Gasteiger charge is 2.21. The highest BCUT2D eigenvalue weighted by Crippen LogP contribution is 2.34. The minimum Gasteiger partial charge on any atom is -0.378 e. The number of benzene rings is 2. The van der Waals surface area contributed by atoms with Crippen molar-refractivity contribution < 1.29 is 14.3 Å². The third-order valence-corrected chi connectivity index (χ3v) is 6.47. The minimum absolute atomic E-state index is 0.00845. The van der Waals surface area contributed by atoms with E-state index < -0.39 is 5.91 Å². The second kappa shape index (κ2) is 9.71. The summed E-state index contributed by atoms with van der Waals surface area (Å²) in [5.41, 5.74) is 10.9. The number of H-pyrrole nitrogens is 1. The van der Waals surface area contributed by atoms with E-state index in [1.165, 1.54) is 6.20 Å². The third kappa shape index (κ3) is 4.48. The van der Waals surface area contributed by atoms with Crippen molar-refractivity contribution in [3.05, 3.63) is 77.6 Å². The average molecular weight is 485 g/mol. The van der Waals surface area contributed by atoms with Crippen LogP contribution in [0.2, 0.25) is 0 Å². The Kier molecular flexibility index (Phi) is 6.30. The van der Waals surface area contributed by atoms with Crippen LogP contribution in [0.15, 0.2) is 60.9 Å². The molecule has 9 heteroatoms. The predicted octanol–water partition coefficient (Wildman–Crippen LogP) is 3.95. The van der Waals surface area contributed by atoms with Crippen molar-refractivity contribution >= 4 is 45.6 Å². The van der Waals surface area contributed by atoms with Crippen molar-refractivity contribution in [1.29, 1.82) is 0 Å². The number of nitrogens with zero attached hydrogens (tertiary/aromatic N) is 3. The van der Waals surface area contributed by atoms with Crippen LogP contribution >= 0.6 is 0 Å². The van der Waals surface area contributed by atoms with Crippen molar-refractivity contribution in [3.63, 3.8) is 0 Å².